The van der Waals surface area contributed by atoms with Crippen molar-refractivity contribution in [2.45, 2.75) is 56.8 Å². The van der Waals surface area contributed by atoms with Gasteiger partial charge in [0.2, 0.25) is 11.8 Å². The van der Waals surface area contributed by atoms with Crippen molar-refractivity contribution >= 4 is 35.6 Å². The molecule has 0 aromatic carbocycles. The number of carbonyl (C=O) groups is 2. The molecule has 35 heavy (non-hydrogen) atoms. The normalized spacial score (nSPS) is 21.4. The van der Waals surface area contributed by atoms with Gasteiger partial charge in [-0.1, -0.05) is 0 Å². The van der Waals surface area contributed by atoms with E-state index in [2.05, 4.69) is 9.97 Å². The number of amides is 2. The first-order valence-corrected chi connectivity index (χ1v) is 11.6. The minimum atomic E-state index is -4.66. The molecule has 2 unspecified atom stereocenters. The Bertz CT molecular complexity index is 1070. The Morgan fingerprint density at radius 1 is 1.31 bits per heavy atom. The predicted molar refractivity (Wildman–Crippen MR) is 121 cm³/mol. The summed E-state index contributed by atoms with van der Waals surface area (Å²) in [6.45, 7) is -0.318. The average Bonchev–Trinajstić information content (AvgIpc) is 3.32. The van der Waals surface area contributed by atoms with E-state index in [-0.39, 0.29) is 74.8 Å². The summed E-state index contributed by atoms with van der Waals surface area (Å²) in [5.74, 6) is -0.941. The molecule has 2 aliphatic rings. The van der Waals surface area contributed by atoms with Gasteiger partial charge in [-0.05, 0) is 24.3 Å². The number of alkyl halides is 4. The number of fused-ring (bicyclic) bond motifs is 1. The lowest BCUT2D eigenvalue weighted by atomic mass is 10.0. The summed E-state index contributed by atoms with van der Waals surface area (Å²) in [6, 6.07) is 0.741. The van der Waals surface area contributed by atoms with Crippen molar-refractivity contribution in [3.8, 4) is 11.4 Å². The van der Waals surface area contributed by atoms with E-state index in [9.17, 15) is 32.3 Å². The van der Waals surface area contributed by atoms with Crippen LogP contribution in [-0.2, 0) is 28.7 Å². The van der Waals surface area contributed by atoms with Crippen molar-refractivity contribution in [2.24, 2.45) is 5.73 Å². The Hall–Kier alpha value is -2.35. The van der Waals surface area contributed by atoms with E-state index in [1.807, 2.05) is 0 Å². The molecule has 0 spiro atoms. The van der Waals surface area contributed by atoms with E-state index >= 15 is 0 Å². The van der Waals surface area contributed by atoms with Crippen molar-refractivity contribution in [3.63, 3.8) is 0 Å². The summed E-state index contributed by atoms with van der Waals surface area (Å²) < 4.78 is 54.8. The van der Waals surface area contributed by atoms with Gasteiger partial charge in [-0.3, -0.25) is 9.59 Å². The molecular weight excluding hydrogens is 514 g/mol. The summed E-state index contributed by atoms with van der Waals surface area (Å²) in [5.41, 5.74) is 5.55. The van der Waals surface area contributed by atoms with Crippen molar-refractivity contribution in [1.82, 2.24) is 19.8 Å². The summed E-state index contributed by atoms with van der Waals surface area (Å²) in [6.07, 6.45) is -8.29. The summed E-state index contributed by atoms with van der Waals surface area (Å²) in [5, 5.41) is 13.3. The highest BCUT2D eigenvalue weighted by molar-refractivity contribution is 7.08. The Balaban J connectivity index is 0.00000342. The minimum Gasteiger partial charge on any atom is -0.370 e. The molecule has 8 nitrogen and oxygen atoms in total. The van der Waals surface area contributed by atoms with E-state index in [4.69, 9.17) is 5.73 Å². The number of carbonyl (C=O) groups excluding carboxylic acids is 2. The number of piperidine rings is 1. The van der Waals surface area contributed by atoms with E-state index in [0.29, 0.717) is 5.56 Å². The molecule has 0 aliphatic carbocycles. The zero-order valence-electron chi connectivity index (χ0n) is 18.4. The van der Waals surface area contributed by atoms with E-state index in [0.717, 1.165) is 4.90 Å². The lowest BCUT2D eigenvalue weighted by Gasteiger charge is -2.36. The first-order chi connectivity index (χ1) is 16.0. The monoisotopic (exact) mass is 537 g/mol. The zero-order valence-corrected chi connectivity index (χ0v) is 20.0. The van der Waals surface area contributed by atoms with E-state index in [1.165, 1.54) is 16.2 Å². The van der Waals surface area contributed by atoms with Crippen molar-refractivity contribution in [3.05, 3.63) is 33.8 Å². The van der Waals surface area contributed by atoms with Crippen molar-refractivity contribution in [1.29, 1.82) is 0 Å². The second kappa shape index (κ2) is 10.7. The lowest BCUT2D eigenvalue weighted by molar-refractivity contribution is -0.155. The number of hydrogen-bond donors (Lipinski definition) is 2. The second-order valence-electron chi connectivity index (χ2n) is 8.37. The smallest absolute Gasteiger partial charge is 0.370 e. The van der Waals surface area contributed by atoms with Crippen LogP contribution in [0.1, 0.15) is 36.2 Å². The van der Waals surface area contributed by atoms with Gasteiger partial charge in [0.05, 0.1) is 12.2 Å². The van der Waals surface area contributed by atoms with Crippen LogP contribution in [0.15, 0.2) is 16.8 Å². The fourth-order valence-electron chi connectivity index (χ4n) is 4.18. The van der Waals surface area contributed by atoms with Crippen LogP contribution in [0.5, 0.6) is 0 Å². The third-order valence-electron chi connectivity index (χ3n) is 5.93. The summed E-state index contributed by atoms with van der Waals surface area (Å²) in [4.78, 5) is 35.2. The molecule has 2 aromatic rings. The minimum absolute atomic E-state index is 0. The summed E-state index contributed by atoms with van der Waals surface area (Å²) >= 11 is 1.30. The van der Waals surface area contributed by atoms with Crippen LogP contribution in [0.2, 0.25) is 0 Å². The number of aliphatic hydroxyl groups is 1. The topological polar surface area (TPSA) is 113 Å². The number of hydrogen-bond acceptors (Lipinski definition) is 7. The molecule has 14 heteroatoms. The number of nitrogens with zero attached hydrogens (tertiary/aromatic N) is 4. The molecule has 0 radical (unpaired) electrons. The fourth-order valence-corrected chi connectivity index (χ4v) is 4.81. The van der Waals surface area contributed by atoms with Gasteiger partial charge < -0.3 is 20.6 Å². The largest absolute Gasteiger partial charge is 0.433 e. The van der Waals surface area contributed by atoms with Crippen LogP contribution in [0.3, 0.4) is 0 Å². The highest BCUT2D eigenvalue weighted by Crippen LogP contribution is 2.35. The van der Waals surface area contributed by atoms with E-state index in [1.54, 1.807) is 16.8 Å². The molecule has 1 fully saturated rings. The van der Waals surface area contributed by atoms with Crippen LogP contribution >= 0.6 is 23.7 Å². The number of halogens is 5. The maximum atomic E-state index is 13.7. The van der Waals surface area contributed by atoms with Gasteiger partial charge in [-0.25, -0.2) is 14.4 Å². The number of thiophene rings is 1. The Morgan fingerprint density at radius 3 is 2.71 bits per heavy atom. The first kappa shape index (κ1) is 27.2. The molecule has 2 aliphatic heterocycles. The highest BCUT2D eigenvalue weighted by atomic mass is 35.5. The lowest BCUT2D eigenvalue weighted by Crippen LogP contribution is -2.54. The van der Waals surface area contributed by atoms with Crippen LogP contribution in [-0.4, -0.2) is 68.2 Å². The molecule has 3 N–H and O–H groups in total. The van der Waals surface area contributed by atoms with Gasteiger partial charge in [0, 0.05) is 48.5 Å². The maximum absolute atomic E-state index is 13.7. The number of nitrogens with two attached hydrogens (primary N) is 1. The molecule has 192 valence electrons. The second-order valence-corrected chi connectivity index (χ2v) is 9.15. The Kier molecular flexibility index (Phi) is 8.35. The SMILES string of the molecule is Cl.N[C@H](CC(=O)N1CCc2c(nc(-c3ccsc3)nc2C(F)(F)F)C1)CN1C(=O)CCC(F)C1O. The zero-order chi connectivity index (χ0) is 24.6. The standard InChI is InChI=1S/C21H23F4N5O3S.ClH/c22-14-1-2-16(31)30(20(14)33)8-12(26)7-17(32)29-5-3-13-15(9-29)27-19(11-4-6-34-10-11)28-18(13)21(23,24)25;/h4,6,10,12,14,20,33H,1-3,5,7-9,26H2;1H/t12-,14?,20?;/m1./s1. The number of rotatable bonds is 5. The molecule has 0 bridgehead atoms. The van der Waals surface area contributed by atoms with Crippen LogP contribution in [0.4, 0.5) is 17.6 Å². The predicted octanol–water partition coefficient (Wildman–Crippen LogP) is 2.53. The van der Waals surface area contributed by atoms with Gasteiger partial charge >= 0.3 is 6.18 Å². The highest BCUT2D eigenvalue weighted by Gasteiger charge is 2.40. The van der Waals surface area contributed by atoms with Crippen molar-refractivity contribution in [2.75, 3.05) is 13.1 Å². The molecule has 4 heterocycles. The number of likely N-dealkylation sites (tertiary alicyclic amines) is 1. The third-order valence-corrected chi connectivity index (χ3v) is 6.61. The molecule has 0 saturated carbocycles. The third kappa shape index (κ3) is 5.90. The molecular formula is C21H24ClF4N5O3S. The molecule has 1 saturated heterocycles. The van der Waals surface area contributed by atoms with E-state index < -0.39 is 42.1 Å². The molecule has 4 rings (SSSR count). The molecule has 3 atom stereocenters. The molecule has 2 aromatic heterocycles. The van der Waals surface area contributed by atoms with Crippen LogP contribution < -0.4 is 5.73 Å². The van der Waals surface area contributed by atoms with Gasteiger partial charge in [-0.2, -0.15) is 24.5 Å². The summed E-state index contributed by atoms with van der Waals surface area (Å²) in [7, 11) is 0. The van der Waals surface area contributed by atoms with Gasteiger partial charge in [0.1, 0.15) is 6.17 Å². The first-order valence-electron chi connectivity index (χ1n) is 10.7. The van der Waals surface area contributed by atoms with Crippen LogP contribution in [0, 0.1) is 0 Å². The van der Waals surface area contributed by atoms with Gasteiger partial charge in [0.15, 0.2) is 17.7 Å². The number of aromatic nitrogens is 2. The van der Waals surface area contributed by atoms with Gasteiger partial charge in [-0.15, -0.1) is 12.4 Å². The van der Waals surface area contributed by atoms with Crippen molar-refractivity contribution < 1.29 is 32.3 Å². The fraction of sp³-hybridized carbons (Fsp3) is 0.524. The van der Waals surface area contributed by atoms with Gasteiger partial charge in [0.25, 0.3) is 0 Å². The molecule has 2 amide bonds. The Labute approximate surface area is 208 Å². The average molecular weight is 538 g/mol. The number of aliphatic hydroxyl groups excluding tert-OH is 1. The maximum Gasteiger partial charge on any atom is 0.433 e. The quantitative estimate of drug-likeness (QED) is 0.567. The Morgan fingerprint density at radius 2 is 2.06 bits per heavy atom. The van der Waals surface area contributed by atoms with Crippen LogP contribution in [0.25, 0.3) is 11.4 Å².